The summed E-state index contributed by atoms with van der Waals surface area (Å²) < 4.78 is 45.2. The Kier molecular flexibility index (Phi) is 3.84. The van der Waals surface area contributed by atoms with Gasteiger partial charge in [-0.1, -0.05) is 0 Å². The van der Waals surface area contributed by atoms with Gasteiger partial charge >= 0.3 is 0 Å². The lowest BCUT2D eigenvalue weighted by molar-refractivity contribution is 0.0832. The van der Waals surface area contributed by atoms with Crippen molar-refractivity contribution in [2.24, 2.45) is 0 Å². The SMILES string of the molecule is Nc1ccc(F)c(S(=O)(=O)NC2CCOCC2)c1. The standard InChI is InChI=1S/C11H15FN2O3S/c12-10-2-1-8(13)7-11(10)18(15,16)14-9-3-5-17-6-4-9/h1-2,7,9,14H,3-6,13H2. The lowest BCUT2D eigenvalue weighted by atomic mass is 10.1. The zero-order valence-corrected chi connectivity index (χ0v) is 10.5. The molecule has 3 N–H and O–H groups in total. The Balaban J connectivity index is 2.21. The summed E-state index contributed by atoms with van der Waals surface area (Å²) in [5.74, 6) is -0.802. The molecule has 100 valence electrons. The summed E-state index contributed by atoms with van der Waals surface area (Å²) in [5.41, 5.74) is 5.69. The van der Waals surface area contributed by atoms with Crippen molar-refractivity contribution in [3.05, 3.63) is 24.0 Å². The van der Waals surface area contributed by atoms with Gasteiger partial charge in [0, 0.05) is 24.9 Å². The third-order valence-electron chi connectivity index (χ3n) is 2.79. The highest BCUT2D eigenvalue weighted by Crippen LogP contribution is 2.19. The number of sulfonamides is 1. The predicted molar refractivity (Wildman–Crippen MR) is 65.0 cm³/mol. The fraction of sp³-hybridized carbons (Fsp3) is 0.455. The van der Waals surface area contributed by atoms with Crippen molar-refractivity contribution < 1.29 is 17.5 Å². The van der Waals surface area contributed by atoms with Crippen LogP contribution >= 0.6 is 0 Å². The Morgan fingerprint density at radius 3 is 2.67 bits per heavy atom. The monoisotopic (exact) mass is 274 g/mol. The summed E-state index contributed by atoms with van der Waals surface area (Å²) in [5, 5.41) is 0. The second-order valence-electron chi connectivity index (χ2n) is 4.20. The van der Waals surface area contributed by atoms with E-state index in [1.54, 1.807) is 0 Å². The van der Waals surface area contributed by atoms with Gasteiger partial charge in [0.2, 0.25) is 10.0 Å². The van der Waals surface area contributed by atoms with Gasteiger partial charge in [0.05, 0.1) is 0 Å². The van der Waals surface area contributed by atoms with Crippen LogP contribution < -0.4 is 10.5 Å². The minimum Gasteiger partial charge on any atom is -0.399 e. The highest BCUT2D eigenvalue weighted by Gasteiger charge is 2.24. The van der Waals surface area contributed by atoms with Crippen LogP contribution in [0.25, 0.3) is 0 Å². The maximum absolute atomic E-state index is 13.5. The Morgan fingerprint density at radius 1 is 1.33 bits per heavy atom. The molecule has 18 heavy (non-hydrogen) atoms. The van der Waals surface area contributed by atoms with Gasteiger partial charge in [0.1, 0.15) is 10.7 Å². The van der Waals surface area contributed by atoms with E-state index in [1.165, 1.54) is 6.07 Å². The summed E-state index contributed by atoms with van der Waals surface area (Å²) in [4.78, 5) is -0.408. The van der Waals surface area contributed by atoms with Crippen LogP contribution in [-0.4, -0.2) is 27.7 Å². The molecule has 0 radical (unpaired) electrons. The lowest BCUT2D eigenvalue weighted by Crippen LogP contribution is -2.39. The molecular formula is C11H15FN2O3S. The molecule has 1 fully saturated rings. The first-order chi connectivity index (χ1) is 8.49. The summed E-state index contributed by atoms with van der Waals surface area (Å²) in [6.07, 6.45) is 1.17. The molecule has 0 atom stereocenters. The molecule has 1 heterocycles. The number of ether oxygens (including phenoxy) is 1. The first-order valence-electron chi connectivity index (χ1n) is 5.64. The molecule has 1 saturated heterocycles. The zero-order valence-electron chi connectivity index (χ0n) is 9.73. The minimum atomic E-state index is -3.87. The second kappa shape index (κ2) is 5.21. The van der Waals surface area contributed by atoms with Gasteiger partial charge in [-0.3, -0.25) is 0 Å². The highest BCUT2D eigenvalue weighted by atomic mass is 32.2. The van der Waals surface area contributed by atoms with Crippen LogP contribution in [0.4, 0.5) is 10.1 Å². The minimum absolute atomic E-state index is 0.212. The van der Waals surface area contributed by atoms with E-state index in [0.717, 1.165) is 12.1 Å². The van der Waals surface area contributed by atoms with E-state index in [9.17, 15) is 12.8 Å². The van der Waals surface area contributed by atoms with Gasteiger partial charge in [0.15, 0.2) is 0 Å². The second-order valence-corrected chi connectivity index (χ2v) is 5.88. The van der Waals surface area contributed by atoms with E-state index in [2.05, 4.69) is 4.72 Å². The molecular weight excluding hydrogens is 259 g/mol. The Labute approximate surface area is 105 Å². The average Bonchev–Trinajstić information content (AvgIpc) is 2.33. The summed E-state index contributed by atoms with van der Waals surface area (Å²) in [7, 11) is -3.87. The van der Waals surface area contributed by atoms with E-state index >= 15 is 0 Å². The summed E-state index contributed by atoms with van der Waals surface area (Å²) >= 11 is 0. The smallest absolute Gasteiger partial charge is 0.243 e. The molecule has 0 saturated carbocycles. The number of rotatable bonds is 3. The van der Waals surface area contributed by atoms with Crippen molar-refractivity contribution in [1.82, 2.24) is 4.72 Å². The molecule has 0 bridgehead atoms. The molecule has 7 heteroatoms. The molecule has 0 aromatic heterocycles. The van der Waals surface area contributed by atoms with Gasteiger partial charge in [0.25, 0.3) is 0 Å². The van der Waals surface area contributed by atoms with Crippen LogP contribution in [0.2, 0.25) is 0 Å². The van der Waals surface area contributed by atoms with E-state index < -0.39 is 20.7 Å². The van der Waals surface area contributed by atoms with Crippen LogP contribution in [0.15, 0.2) is 23.1 Å². The molecule has 0 unspecified atom stereocenters. The van der Waals surface area contributed by atoms with Crippen molar-refractivity contribution in [1.29, 1.82) is 0 Å². The summed E-state index contributed by atoms with van der Waals surface area (Å²) in [6, 6.07) is 3.28. The fourth-order valence-electron chi connectivity index (χ4n) is 1.82. The third-order valence-corrected chi connectivity index (χ3v) is 4.32. The first kappa shape index (κ1) is 13.3. The number of anilines is 1. The highest BCUT2D eigenvalue weighted by molar-refractivity contribution is 7.89. The molecule has 1 aromatic carbocycles. The van der Waals surface area contributed by atoms with Crippen molar-refractivity contribution in [2.45, 2.75) is 23.8 Å². The topological polar surface area (TPSA) is 81.4 Å². The predicted octanol–water partition coefficient (Wildman–Crippen LogP) is 0.865. The van der Waals surface area contributed by atoms with Crippen LogP contribution in [0.3, 0.4) is 0 Å². The maximum Gasteiger partial charge on any atom is 0.243 e. The number of benzene rings is 1. The number of hydrogen-bond acceptors (Lipinski definition) is 4. The van der Waals surface area contributed by atoms with Gasteiger partial charge in [-0.05, 0) is 31.0 Å². The van der Waals surface area contributed by atoms with Gasteiger partial charge in [-0.25, -0.2) is 17.5 Å². The summed E-state index contributed by atoms with van der Waals surface area (Å²) in [6.45, 7) is 1.01. The normalized spacial score (nSPS) is 17.8. The lowest BCUT2D eigenvalue weighted by Gasteiger charge is -2.23. The Morgan fingerprint density at radius 2 is 2.00 bits per heavy atom. The van der Waals surface area contributed by atoms with Crippen LogP contribution in [0.1, 0.15) is 12.8 Å². The van der Waals surface area contributed by atoms with Crippen molar-refractivity contribution in [2.75, 3.05) is 18.9 Å². The largest absolute Gasteiger partial charge is 0.399 e. The van der Waals surface area contributed by atoms with Gasteiger partial charge in [-0.2, -0.15) is 0 Å². The van der Waals surface area contributed by atoms with Crippen LogP contribution in [-0.2, 0) is 14.8 Å². The van der Waals surface area contributed by atoms with Crippen molar-refractivity contribution >= 4 is 15.7 Å². The molecule has 0 aliphatic carbocycles. The molecule has 5 nitrogen and oxygen atoms in total. The van der Waals surface area contributed by atoms with E-state index in [1.807, 2.05) is 0 Å². The van der Waals surface area contributed by atoms with E-state index in [-0.39, 0.29) is 11.7 Å². The van der Waals surface area contributed by atoms with E-state index in [4.69, 9.17) is 10.5 Å². The number of halogens is 1. The van der Waals surface area contributed by atoms with Crippen molar-refractivity contribution in [3.8, 4) is 0 Å². The first-order valence-corrected chi connectivity index (χ1v) is 7.12. The quantitative estimate of drug-likeness (QED) is 0.801. The molecule has 1 aromatic rings. The average molecular weight is 274 g/mol. The van der Waals surface area contributed by atoms with Crippen LogP contribution in [0.5, 0.6) is 0 Å². The third kappa shape index (κ3) is 2.98. The fourth-order valence-corrected chi connectivity index (χ4v) is 3.24. The molecule has 0 spiro atoms. The molecule has 2 rings (SSSR count). The molecule has 1 aliphatic rings. The maximum atomic E-state index is 13.5. The van der Waals surface area contributed by atoms with Gasteiger partial charge in [-0.15, -0.1) is 0 Å². The van der Waals surface area contributed by atoms with Gasteiger partial charge < -0.3 is 10.5 Å². The molecule has 0 amide bonds. The number of nitrogen functional groups attached to an aromatic ring is 1. The number of nitrogens with two attached hydrogens (primary N) is 1. The van der Waals surface area contributed by atoms with E-state index in [0.29, 0.717) is 26.1 Å². The Bertz CT molecular complexity index is 527. The number of hydrogen-bond donors (Lipinski definition) is 2. The molecule has 1 aliphatic heterocycles. The Hall–Kier alpha value is -1.18. The van der Waals surface area contributed by atoms with Crippen LogP contribution in [0, 0.1) is 5.82 Å². The zero-order chi connectivity index (χ0) is 13.2. The van der Waals surface area contributed by atoms with Crippen molar-refractivity contribution in [3.63, 3.8) is 0 Å². The number of nitrogens with one attached hydrogen (secondary N) is 1.